The molecule has 0 fully saturated rings. The molecule has 1 heterocycles. The van der Waals surface area contributed by atoms with Crippen LogP contribution in [-0.4, -0.2) is 44.5 Å². The van der Waals surface area contributed by atoms with Gasteiger partial charge in [0.15, 0.2) is 0 Å². The smallest absolute Gasteiger partial charge is 0.244 e. The normalized spacial score (nSPS) is 13.7. The minimum Gasteiger partial charge on any atom is -0.481 e. The Bertz CT molecular complexity index is 458. The number of hydrogen-bond acceptors (Lipinski definition) is 5. The molecular weight excluding hydrogens is 242 g/mol. The third-order valence-corrected chi connectivity index (χ3v) is 4.51. The highest BCUT2D eigenvalue weighted by Gasteiger charge is 2.24. The van der Waals surface area contributed by atoms with Gasteiger partial charge in [0.05, 0.1) is 13.3 Å². The molecule has 17 heavy (non-hydrogen) atoms. The van der Waals surface area contributed by atoms with E-state index in [1.54, 1.807) is 6.92 Å². The van der Waals surface area contributed by atoms with Gasteiger partial charge in [0.2, 0.25) is 15.9 Å². The summed E-state index contributed by atoms with van der Waals surface area (Å²) in [6, 6.07) is 2.71. The lowest BCUT2D eigenvalue weighted by molar-refractivity contribution is 0.391. The maximum Gasteiger partial charge on any atom is 0.244 e. The van der Waals surface area contributed by atoms with E-state index in [1.807, 2.05) is 0 Å². The summed E-state index contributed by atoms with van der Waals surface area (Å²) in [6.07, 6.45) is 1.27. The maximum absolute atomic E-state index is 12.1. The fraction of sp³-hybridized carbons (Fsp3) is 0.500. The summed E-state index contributed by atoms with van der Waals surface area (Å²) in [5.74, 6) is 0.374. The molecule has 96 valence electrons. The zero-order chi connectivity index (χ0) is 13.1. The highest BCUT2D eigenvalue weighted by molar-refractivity contribution is 7.89. The van der Waals surface area contributed by atoms with Crippen LogP contribution in [0.3, 0.4) is 0 Å². The summed E-state index contributed by atoms with van der Waals surface area (Å²) in [5.41, 5.74) is 5.45. The molecule has 7 heteroatoms. The molecule has 0 aliphatic rings. The first kappa shape index (κ1) is 13.9. The minimum atomic E-state index is -3.54. The summed E-state index contributed by atoms with van der Waals surface area (Å²) in [6.45, 7) is 2.01. The highest BCUT2D eigenvalue weighted by atomic mass is 32.2. The average Bonchev–Trinajstić information content (AvgIpc) is 2.36. The largest absolute Gasteiger partial charge is 0.481 e. The zero-order valence-corrected chi connectivity index (χ0v) is 10.9. The second kappa shape index (κ2) is 5.44. The lowest BCUT2D eigenvalue weighted by atomic mass is 10.4. The van der Waals surface area contributed by atoms with E-state index in [-0.39, 0.29) is 17.5 Å². The first-order valence-corrected chi connectivity index (χ1v) is 6.55. The topological polar surface area (TPSA) is 85.5 Å². The molecule has 6 nitrogen and oxygen atoms in total. The van der Waals surface area contributed by atoms with Crippen molar-refractivity contribution in [3.05, 3.63) is 18.3 Å². The van der Waals surface area contributed by atoms with Gasteiger partial charge >= 0.3 is 0 Å². The van der Waals surface area contributed by atoms with Crippen LogP contribution in [0.1, 0.15) is 6.92 Å². The van der Waals surface area contributed by atoms with Gasteiger partial charge in [-0.3, -0.25) is 0 Å². The van der Waals surface area contributed by atoms with Crippen molar-refractivity contribution < 1.29 is 13.2 Å². The molecule has 1 aromatic rings. The summed E-state index contributed by atoms with van der Waals surface area (Å²) in [5, 5.41) is 0. The van der Waals surface area contributed by atoms with Gasteiger partial charge in [-0.2, -0.15) is 4.31 Å². The van der Waals surface area contributed by atoms with Gasteiger partial charge in [0, 0.05) is 25.7 Å². The third kappa shape index (κ3) is 2.93. The second-order valence-corrected chi connectivity index (χ2v) is 5.64. The molecule has 1 unspecified atom stereocenters. The zero-order valence-electron chi connectivity index (χ0n) is 10.1. The molecule has 0 radical (unpaired) electrons. The molecule has 0 aromatic carbocycles. The monoisotopic (exact) mass is 259 g/mol. The van der Waals surface area contributed by atoms with Gasteiger partial charge in [0.1, 0.15) is 4.90 Å². The SMILES string of the molecule is COc1ccc(S(=O)(=O)N(C)C(C)CN)cn1. The van der Waals surface area contributed by atoms with Crippen LogP contribution in [0.2, 0.25) is 0 Å². The predicted molar refractivity (Wildman–Crippen MR) is 64.3 cm³/mol. The van der Waals surface area contributed by atoms with Crippen molar-refractivity contribution in [2.45, 2.75) is 17.9 Å². The fourth-order valence-corrected chi connectivity index (χ4v) is 2.51. The Morgan fingerprint density at radius 3 is 2.59 bits per heavy atom. The Labute approximate surface area is 101 Å². The van der Waals surface area contributed by atoms with Crippen molar-refractivity contribution >= 4 is 10.0 Å². The molecule has 1 aromatic heterocycles. The second-order valence-electron chi connectivity index (χ2n) is 3.64. The Balaban J connectivity index is 3.04. The van der Waals surface area contributed by atoms with E-state index >= 15 is 0 Å². The van der Waals surface area contributed by atoms with Crippen LogP contribution in [0.15, 0.2) is 23.2 Å². The van der Waals surface area contributed by atoms with E-state index < -0.39 is 10.0 Å². The van der Waals surface area contributed by atoms with Crippen molar-refractivity contribution in [3.63, 3.8) is 0 Å². The lowest BCUT2D eigenvalue weighted by Crippen LogP contribution is -2.39. The Morgan fingerprint density at radius 1 is 1.53 bits per heavy atom. The number of aromatic nitrogens is 1. The number of likely N-dealkylation sites (N-methyl/N-ethyl adjacent to an activating group) is 1. The molecule has 0 aliphatic carbocycles. The summed E-state index contributed by atoms with van der Waals surface area (Å²) in [7, 11) is -0.572. The Hall–Kier alpha value is -1.18. The van der Waals surface area contributed by atoms with Gasteiger partial charge in [0.25, 0.3) is 0 Å². The molecule has 0 aliphatic heterocycles. The van der Waals surface area contributed by atoms with E-state index in [4.69, 9.17) is 10.5 Å². The van der Waals surface area contributed by atoms with Crippen LogP contribution >= 0.6 is 0 Å². The maximum atomic E-state index is 12.1. The van der Waals surface area contributed by atoms with Crippen molar-refractivity contribution in [1.29, 1.82) is 0 Å². The number of sulfonamides is 1. The van der Waals surface area contributed by atoms with Crippen LogP contribution in [0.5, 0.6) is 5.88 Å². The quantitative estimate of drug-likeness (QED) is 0.808. The number of hydrogen-bond donors (Lipinski definition) is 1. The number of nitrogens with two attached hydrogens (primary N) is 1. The minimum absolute atomic E-state index is 0.126. The number of methoxy groups -OCH3 is 1. The molecule has 0 bridgehead atoms. The van der Waals surface area contributed by atoms with Crippen molar-refractivity contribution in [2.75, 3.05) is 20.7 Å². The number of nitrogens with zero attached hydrogens (tertiary/aromatic N) is 2. The van der Waals surface area contributed by atoms with Gasteiger partial charge in [-0.15, -0.1) is 0 Å². The number of rotatable bonds is 5. The molecule has 2 N–H and O–H groups in total. The number of ether oxygens (including phenoxy) is 1. The van der Waals surface area contributed by atoms with E-state index in [0.29, 0.717) is 5.88 Å². The summed E-state index contributed by atoms with van der Waals surface area (Å²) in [4.78, 5) is 4.00. The van der Waals surface area contributed by atoms with Crippen LogP contribution < -0.4 is 10.5 Å². The number of pyridine rings is 1. The van der Waals surface area contributed by atoms with Crippen LogP contribution in [0.4, 0.5) is 0 Å². The van der Waals surface area contributed by atoms with Gasteiger partial charge < -0.3 is 10.5 Å². The molecule has 0 saturated carbocycles. The van der Waals surface area contributed by atoms with Crippen LogP contribution in [0.25, 0.3) is 0 Å². The van der Waals surface area contributed by atoms with E-state index in [0.717, 1.165) is 0 Å². The Kier molecular flexibility index (Phi) is 4.44. The van der Waals surface area contributed by atoms with Crippen molar-refractivity contribution in [2.24, 2.45) is 5.73 Å². The highest BCUT2D eigenvalue weighted by Crippen LogP contribution is 2.17. The first-order chi connectivity index (χ1) is 7.93. The van der Waals surface area contributed by atoms with E-state index in [9.17, 15) is 8.42 Å². The third-order valence-electron chi connectivity index (χ3n) is 2.56. The molecular formula is C10H17N3O3S. The molecule has 0 saturated heterocycles. The molecule has 1 rings (SSSR count). The lowest BCUT2D eigenvalue weighted by Gasteiger charge is -2.22. The van der Waals surface area contributed by atoms with E-state index in [2.05, 4.69) is 4.98 Å². The van der Waals surface area contributed by atoms with E-state index in [1.165, 1.54) is 36.8 Å². The molecule has 0 amide bonds. The summed E-state index contributed by atoms with van der Waals surface area (Å²) >= 11 is 0. The average molecular weight is 259 g/mol. The Morgan fingerprint density at radius 2 is 2.18 bits per heavy atom. The van der Waals surface area contributed by atoms with Gasteiger partial charge in [-0.25, -0.2) is 13.4 Å². The van der Waals surface area contributed by atoms with Gasteiger partial charge in [-0.05, 0) is 13.0 Å². The molecule has 0 spiro atoms. The van der Waals surface area contributed by atoms with Crippen molar-refractivity contribution in [3.8, 4) is 5.88 Å². The molecule has 1 atom stereocenters. The fourth-order valence-electron chi connectivity index (χ4n) is 1.19. The predicted octanol–water partition coefficient (Wildman–Crippen LogP) is 0.0579. The first-order valence-electron chi connectivity index (χ1n) is 5.11. The van der Waals surface area contributed by atoms with Crippen LogP contribution in [0, 0.1) is 0 Å². The summed E-state index contributed by atoms with van der Waals surface area (Å²) < 4.78 is 30.3. The van der Waals surface area contributed by atoms with Gasteiger partial charge in [-0.1, -0.05) is 0 Å². The van der Waals surface area contributed by atoms with Crippen molar-refractivity contribution in [1.82, 2.24) is 9.29 Å². The van der Waals surface area contributed by atoms with Crippen LogP contribution in [-0.2, 0) is 10.0 Å². The standard InChI is InChI=1S/C10H17N3O3S/c1-8(6-11)13(2)17(14,15)9-4-5-10(16-3)12-7-9/h4-5,7-8H,6,11H2,1-3H3.